The number of nitrogens with one attached hydrogen (secondary N) is 2. The highest BCUT2D eigenvalue weighted by Crippen LogP contribution is 2.44. The molecule has 0 radical (unpaired) electrons. The summed E-state index contributed by atoms with van der Waals surface area (Å²) in [6.45, 7) is 2.39. The molecule has 3 rings (SSSR count). The average Bonchev–Trinajstić information content (AvgIpc) is 3.36. The number of benzene rings is 1. The van der Waals surface area contributed by atoms with Crippen molar-refractivity contribution in [3.05, 3.63) is 34.9 Å². The fraction of sp³-hybridized carbons (Fsp3) is 0.588. The van der Waals surface area contributed by atoms with Crippen molar-refractivity contribution in [2.24, 2.45) is 11.8 Å². The summed E-state index contributed by atoms with van der Waals surface area (Å²) in [6.07, 6.45) is 5.13. The lowest BCUT2D eigenvalue weighted by Crippen LogP contribution is -2.43. The SMILES string of the molecule is CC(NCC(=O)NC(C1CC1)C1CC1)c1ccccc1Cl. The summed E-state index contributed by atoms with van der Waals surface area (Å²) in [5, 5.41) is 7.24. The van der Waals surface area contributed by atoms with E-state index in [1.54, 1.807) is 0 Å². The van der Waals surface area contributed by atoms with Crippen LogP contribution >= 0.6 is 11.6 Å². The third-order valence-corrected chi connectivity index (χ3v) is 4.87. The molecule has 1 amide bonds. The Balaban J connectivity index is 1.48. The lowest BCUT2D eigenvalue weighted by Gasteiger charge is -2.20. The minimum atomic E-state index is 0.0738. The van der Waals surface area contributed by atoms with Gasteiger partial charge in [0.05, 0.1) is 6.54 Å². The van der Waals surface area contributed by atoms with E-state index in [-0.39, 0.29) is 11.9 Å². The second-order valence-electron chi connectivity index (χ2n) is 6.39. The number of hydrogen-bond acceptors (Lipinski definition) is 2. The van der Waals surface area contributed by atoms with Gasteiger partial charge in [0.1, 0.15) is 0 Å². The molecular formula is C17H23ClN2O. The molecule has 0 aliphatic heterocycles. The van der Waals surface area contributed by atoms with E-state index in [0.717, 1.165) is 22.4 Å². The van der Waals surface area contributed by atoms with Crippen LogP contribution in [0.25, 0.3) is 0 Å². The van der Waals surface area contributed by atoms with Crippen LogP contribution in [0.2, 0.25) is 5.02 Å². The Morgan fingerprint density at radius 2 is 1.86 bits per heavy atom. The predicted octanol–water partition coefficient (Wildman–Crippen LogP) is 3.30. The van der Waals surface area contributed by atoms with E-state index in [0.29, 0.717) is 12.6 Å². The minimum Gasteiger partial charge on any atom is -0.352 e. The molecular weight excluding hydrogens is 284 g/mol. The summed E-state index contributed by atoms with van der Waals surface area (Å²) in [7, 11) is 0. The summed E-state index contributed by atoms with van der Waals surface area (Å²) in [4.78, 5) is 12.1. The molecule has 114 valence electrons. The van der Waals surface area contributed by atoms with Gasteiger partial charge in [-0.2, -0.15) is 0 Å². The highest BCUT2D eigenvalue weighted by molar-refractivity contribution is 6.31. The van der Waals surface area contributed by atoms with Crippen LogP contribution < -0.4 is 10.6 Å². The maximum atomic E-state index is 12.1. The van der Waals surface area contributed by atoms with Gasteiger partial charge in [0.15, 0.2) is 0 Å². The van der Waals surface area contributed by atoms with E-state index >= 15 is 0 Å². The van der Waals surface area contributed by atoms with Gasteiger partial charge in [0, 0.05) is 17.1 Å². The Hall–Kier alpha value is -1.06. The standard InChI is InChI=1S/C17H23ClN2O/c1-11(14-4-2-3-5-15(14)18)19-10-16(21)20-17(12-6-7-12)13-8-9-13/h2-5,11-13,17,19H,6-10H2,1H3,(H,20,21). The van der Waals surface area contributed by atoms with Gasteiger partial charge < -0.3 is 10.6 Å². The smallest absolute Gasteiger partial charge is 0.234 e. The van der Waals surface area contributed by atoms with Crippen molar-refractivity contribution >= 4 is 17.5 Å². The number of rotatable bonds is 7. The van der Waals surface area contributed by atoms with E-state index in [4.69, 9.17) is 11.6 Å². The largest absolute Gasteiger partial charge is 0.352 e. The Morgan fingerprint density at radius 3 is 2.43 bits per heavy atom. The van der Waals surface area contributed by atoms with Gasteiger partial charge in [-0.3, -0.25) is 4.79 Å². The average molecular weight is 307 g/mol. The summed E-state index contributed by atoms with van der Waals surface area (Å²) in [6, 6.07) is 8.26. The zero-order valence-corrected chi connectivity index (χ0v) is 13.2. The maximum Gasteiger partial charge on any atom is 0.234 e. The molecule has 4 heteroatoms. The molecule has 21 heavy (non-hydrogen) atoms. The molecule has 0 aromatic heterocycles. The van der Waals surface area contributed by atoms with Crippen molar-refractivity contribution in [1.29, 1.82) is 0 Å². The Labute approximate surface area is 131 Å². The van der Waals surface area contributed by atoms with Crippen molar-refractivity contribution in [1.82, 2.24) is 10.6 Å². The molecule has 2 saturated carbocycles. The first-order chi connectivity index (χ1) is 10.1. The van der Waals surface area contributed by atoms with Crippen LogP contribution in [0.4, 0.5) is 0 Å². The van der Waals surface area contributed by atoms with Crippen LogP contribution in [0, 0.1) is 11.8 Å². The van der Waals surface area contributed by atoms with Gasteiger partial charge in [-0.1, -0.05) is 29.8 Å². The summed E-state index contributed by atoms with van der Waals surface area (Å²) in [5.74, 6) is 1.59. The molecule has 0 spiro atoms. The van der Waals surface area contributed by atoms with Crippen LogP contribution in [0.15, 0.2) is 24.3 Å². The minimum absolute atomic E-state index is 0.0738. The molecule has 1 aromatic rings. The molecule has 0 saturated heterocycles. The lowest BCUT2D eigenvalue weighted by atomic mass is 10.1. The van der Waals surface area contributed by atoms with E-state index in [2.05, 4.69) is 10.6 Å². The Morgan fingerprint density at radius 1 is 1.24 bits per heavy atom. The first-order valence-electron chi connectivity index (χ1n) is 7.92. The van der Waals surface area contributed by atoms with Crippen molar-refractivity contribution in [3.63, 3.8) is 0 Å². The lowest BCUT2D eigenvalue weighted by molar-refractivity contribution is -0.121. The van der Waals surface area contributed by atoms with E-state index in [1.165, 1.54) is 25.7 Å². The number of hydrogen-bond donors (Lipinski definition) is 2. The molecule has 2 aliphatic rings. The molecule has 1 atom stereocenters. The summed E-state index contributed by atoms with van der Waals surface area (Å²) >= 11 is 6.18. The quantitative estimate of drug-likeness (QED) is 0.811. The van der Waals surface area contributed by atoms with E-state index in [9.17, 15) is 4.79 Å². The van der Waals surface area contributed by atoms with Gasteiger partial charge in [0.25, 0.3) is 0 Å². The Bertz CT molecular complexity index is 499. The van der Waals surface area contributed by atoms with E-state index in [1.807, 2.05) is 31.2 Å². The predicted molar refractivity (Wildman–Crippen MR) is 85.2 cm³/mol. The zero-order valence-electron chi connectivity index (χ0n) is 12.4. The fourth-order valence-corrected chi connectivity index (χ4v) is 3.25. The first-order valence-corrected chi connectivity index (χ1v) is 8.30. The molecule has 1 aromatic carbocycles. The Kier molecular flexibility index (Phi) is 4.51. The van der Waals surface area contributed by atoms with Gasteiger partial charge in [-0.15, -0.1) is 0 Å². The highest BCUT2D eigenvalue weighted by atomic mass is 35.5. The summed E-state index contributed by atoms with van der Waals surface area (Å²) in [5.41, 5.74) is 1.04. The molecule has 0 heterocycles. The molecule has 0 bridgehead atoms. The number of carbonyl (C=O) groups excluding carboxylic acids is 1. The van der Waals surface area contributed by atoms with Crippen LogP contribution in [-0.2, 0) is 4.79 Å². The molecule has 2 aliphatic carbocycles. The highest BCUT2D eigenvalue weighted by Gasteiger charge is 2.42. The van der Waals surface area contributed by atoms with Crippen LogP contribution in [-0.4, -0.2) is 18.5 Å². The van der Waals surface area contributed by atoms with Crippen molar-refractivity contribution in [2.75, 3.05) is 6.54 Å². The van der Waals surface area contributed by atoms with Gasteiger partial charge in [-0.25, -0.2) is 0 Å². The van der Waals surface area contributed by atoms with Crippen LogP contribution in [0.1, 0.15) is 44.2 Å². The monoisotopic (exact) mass is 306 g/mol. The van der Waals surface area contributed by atoms with Crippen LogP contribution in [0.5, 0.6) is 0 Å². The normalized spacial score (nSPS) is 19.6. The molecule has 2 fully saturated rings. The van der Waals surface area contributed by atoms with Crippen molar-refractivity contribution in [3.8, 4) is 0 Å². The van der Waals surface area contributed by atoms with Gasteiger partial charge in [-0.05, 0) is 56.1 Å². The summed E-state index contributed by atoms with van der Waals surface area (Å²) < 4.78 is 0. The van der Waals surface area contributed by atoms with E-state index < -0.39 is 0 Å². The number of carbonyl (C=O) groups is 1. The molecule has 2 N–H and O–H groups in total. The van der Waals surface area contributed by atoms with Crippen molar-refractivity contribution in [2.45, 2.75) is 44.7 Å². The third kappa shape index (κ3) is 3.98. The number of halogens is 1. The zero-order chi connectivity index (χ0) is 14.8. The topological polar surface area (TPSA) is 41.1 Å². The third-order valence-electron chi connectivity index (χ3n) is 4.53. The number of amides is 1. The second-order valence-corrected chi connectivity index (χ2v) is 6.80. The van der Waals surface area contributed by atoms with Gasteiger partial charge in [0.2, 0.25) is 5.91 Å². The first kappa shape index (κ1) is 14.9. The van der Waals surface area contributed by atoms with Gasteiger partial charge >= 0.3 is 0 Å². The maximum absolute atomic E-state index is 12.1. The molecule has 1 unspecified atom stereocenters. The van der Waals surface area contributed by atoms with Crippen molar-refractivity contribution < 1.29 is 4.79 Å². The molecule has 3 nitrogen and oxygen atoms in total. The van der Waals surface area contributed by atoms with Crippen LogP contribution in [0.3, 0.4) is 0 Å². The fourth-order valence-electron chi connectivity index (χ4n) is 2.95. The second kappa shape index (κ2) is 6.37.